The van der Waals surface area contributed by atoms with Crippen molar-refractivity contribution in [1.29, 1.82) is 0 Å². The van der Waals surface area contributed by atoms with Gasteiger partial charge in [0.05, 0.1) is 25.9 Å². The maximum absolute atomic E-state index is 12.1. The van der Waals surface area contributed by atoms with Crippen molar-refractivity contribution in [1.82, 2.24) is 0 Å². The van der Waals surface area contributed by atoms with Crippen molar-refractivity contribution in [2.45, 2.75) is 13.8 Å². The molecule has 0 aliphatic carbocycles. The topological polar surface area (TPSA) is 73.9 Å². The van der Waals surface area contributed by atoms with Gasteiger partial charge < -0.3 is 19.5 Å². The summed E-state index contributed by atoms with van der Waals surface area (Å²) in [6.45, 7) is 4.86. The number of anilines is 1. The second kappa shape index (κ2) is 10.0. The maximum Gasteiger partial charge on any atom is 0.337 e. The largest absolute Gasteiger partial charge is 0.490 e. The van der Waals surface area contributed by atoms with Crippen molar-refractivity contribution in [3.63, 3.8) is 0 Å². The van der Waals surface area contributed by atoms with Gasteiger partial charge in [-0.3, -0.25) is 4.79 Å². The van der Waals surface area contributed by atoms with E-state index in [0.717, 1.165) is 5.56 Å². The quantitative estimate of drug-likeness (QED) is 0.564. The van der Waals surface area contributed by atoms with Crippen LogP contribution in [0.2, 0.25) is 0 Å². The van der Waals surface area contributed by atoms with Gasteiger partial charge in [-0.25, -0.2) is 4.79 Å². The number of nitrogens with one attached hydrogen (secondary N) is 1. The summed E-state index contributed by atoms with van der Waals surface area (Å²) in [6, 6.07) is 12.0. The first kappa shape index (κ1) is 20.0. The molecule has 6 heteroatoms. The van der Waals surface area contributed by atoms with Gasteiger partial charge in [0.2, 0.25) is 5.91 Å². The summed E-state index contributed by atoms with van der Waals surface area (Å²) in [5.74, 6) is 0.525. The Morgan fingerprint density at radius 2 is 1.74 bits per heavy atom. The number of rotatable bonds is 8. The zero-order valence-corrected chi connectivity index (χ0v) is 15.7. The van der Waals surface area contributed by atoms with Gasteiger partial charge in [-0.1, -0.05) is 12.1 Å². The second-order valence-corrected chi connectivity index (χ2v) is 5.47. The van der Waals surface area contributed by atoms with Crippen LogP contribution in [-0.2, 0) is 9.53 Å². The lowest BCUT2D eigenvalue weighted by molar-refractivity contribution is -0.111. The lowest BCUT2D eigenvalue weighted by Gasteiger charge is -2.11. The fraction of sp³-hybridized carbons (Fsp3) is 0.238. The van der Waals surface area contributed by atoms with E-state index >= 15 is 0 Å². The van der Waals surface area contributed by atoms with E-state index in [1.54, 1.807) is 30.3 Å². The molecule has 0 aliphatic rings. The number of benzene rings is 2. The van der Waals surface area contributed by atoms with Crippen molar-refractivity contribution >= 4 is 23.6 Å². The van der Waals surface area contributed by atoms with Gasteiger partial charge in [0.15, 0.2) is 11.5 Å². The van der Waals surface area contributed by atoms with E-state index in [2.05, 4.69) is 10.1 Å². The number of esters is 1. The predicted molar refractivity (Wildman–Crippen MR) is 104 cm³/mol. The Labute approximate surface area is 158 Å². The SMILES string of the molecule is CCOc1ccc(C=CC(=O)Nc2cccc(C(=O)OC)c2)cc1OCC. The summed E-state index contributed by atoms with van der Waals surface area (Å²) < 4.78 is 15.8. The minimum absolute atomic E-state index is 0.316. The van der Waals surface area contributed by atoms with Crippen molar-refractivity contribution in [3.05, 3.63) is 59.7 Å². The molecule has 2 aromatic carbocycles. The van der Waals surface area contributed by atoms with Crippen LogP contribution in [0.5, 0.6) is 11.5 Å². The molecule has 142 valence electrons. The maximum atomic E-state index is 12.1. The van der Waals surface area contributed by atoms with E-state index in [1.807, 2.05) is 32.0 Å². The van der Waals surface area contributed by atoms with Gasteiger partial charge in [-0.05, 0) is 55.8 Å². The molecular formula is C21H23NO5. The highest BCUT2D eigenvalue weighted by molar-refractivity contribution is 6.02. The number of ether oxygens (including phenoxy) is 3. The molecule has 0 saturated carbocycles. The summed E-state index contributed by atoms with van der Waals surface area (Å²) in [5.41, 5.74) is 1.68. The first-order valence-corrected chi connectivity index (χ1v) is 8.64. The highest BCUT2D eigenvalue weighted by Crippen LogP contribution is 2.29. The number of carbonyl (C=O) groups excluding carboxylic acids is 2. The second-order valence-electron chi connectivity index (χ2n) is 5.47. The lowest BCUT2D eigenvalue weighted by Crippen LogP contribution is -2.09. The molecular weight excluding hydrogens is 346 g/mol. The van der Waals surface area contributed by atoms with Crippen molar-refractivity contribution < 1.29 is 23.8 Å². The summed E-state index contributed by atoms with van der Waals surface area (Å²) in [6.07, 6.45) is 3.09. The molecule has 27 heavy (non-hydrogen) atoms. The van der Waals surface area contributed by atoms with Crippen LogP contribution in [-0.4, -0.2) is 32.2 Å². The van der Waals surface area contributed by atoms with Gasteiger partial charge in [0, 0.05) is 11.8 Å². The molecule has 0 fully saturated rings. The molecule has 0 radical (unpaired) electrons. The zero-order valence-electron chi connectivity index (χ0n) is 15.7. The van der Waals surface area contributed by atoms with Gasteiger partial charge in [0.1, 0.15) is 0 Å². The van der Waals surface area contributed by atoms with Gasteiger partial charge in [-0.15, -0.1) is 0 Å². The van der Waals surface area contributed by atoms with E-state index in [1.165, 1.54) is 13.2 Å². The first-order chi connectivity index (χ1) is 13.1. The van der Waals surface area contributed by atoms with E-state index in [4.69, 9.17) is 9.47 Å². The predicted octanol–water partition coefficient (Wildman–Crippen LogP) is 3.92. The van der Waals surface area contributed by atoms with Crippen molar-refractivity contribution in [3.8, 4) is 11.5 Å². The Morgan fingerprint density at radius 1 is 1.00 bits per heavy atom. The fourth-order valence-electron chi connectivity index (χ4n) is 2.37. The molecule has 6 nitrogen and oxygen atoms in total. The van der Waals surface area contributed by atoms with Crippen molar-refractivity contribution in [2.24, 2.45) is 0 Å². The molecule has 0 unspecified atom stereocenters. The van der Waals surface area contributed by atoms with Crippen LogP contribution >= 0.6 is 0 Å². The normalized spacial score (nSPS) is 10.5. The highest BCUT2D eigenvalue weighted by Gasteiger charge is 2.07. The van der Waals surface area contributed by atoms with Crippen LogP contribution in [0.25, 0.3) is 6.08 Å². The number of hydrogen-bond donors (Lipinski definition) is 1. The van der Waals surface area contributed by atoms with Crippen LogP contribution in [0.15, 0.2) is 48.5 Å². The number of amides is 1. The highest BCUT2D eigenvalue weighted by atomic mass is 16.5. The average molecular weight is 369 g/mol. The molecule has 0 spiro atoms. The monoisotopic (exact) mass is 369 g/mol. The third-order valence-electron chi connectivity index (χ3n) is 3.55. The third kappa shape index (κ3) is 5.88. The summed E-state index contributed by atoms with van der Waals surface area (Å²) >= 11 is 0. The molecule has 0 bridgehead atoms. The molecule has 1 amide bonds. The molecule has 2 rings (SSSR count). The number of carbonyl (C=O) groups is 2. The average Bonchev–Trinajstić information content (AvgIpc) is 2.68. The molecule has 0 aromatic heterocycles. The van der Waals surface area contributed by atoms with E-state index < -0.39 is 5.97 Å². The summed E-state index contributed by atoms with van der Waals surface area (Å²) in [4.78, 5) is 23.7. The van der Waals surface area contributed by atoms with Gasteiger partial charge in [0.25, 0.3) is 0 Å². The smallest absolute Gasteiger partial charge is 0.337 e. The van der Waals surface area contributed by atoms with Crippen LogP contribution in [0.4, 0.5) is 5.69 Å². The minimum Gasteiger partial charge on any atom is -0.490 e. The van der Waals surface area contributed by atoms with Crippen molar-refractivity contribution in [2.75, 3.05) is 25.6 Å². The van der Waals surface area contributed by atoms with E-state index in [0.29, 0.717) is 36.0 Å². The lowest BCUT2D eigenvalue weighted by atomic mass is 10.1. The van der Waals surface area contributed by atoms with Gasteiger partial charge >= 0.3 is 5.97 Å². The zero-order chi connectivity index (χ0) is 19.6. The molecule has 0 saturated heterocycles. The Hall–Kier alpha value is -3.28. The number of methoxy groups -OCH3 is 1. The standard InChI is InChI=1S/C21H23NO5/c1-4-26-18-11-9-15(13-19(18)27-5-2)10-12-20(23)22-17-8-6-7-16(14-17)21(24)25-3/h6-14H,4-5H2,1-3H3,(H,22,23). The Kier molecular flexibility index (Phi) is 7.43. The van der Waals surface area contributed by atoms with Gasteiger partial charge in [-0.2, -0.15) is 0 Å². The van der Waals surface area contributed by atoms with Crippen LogP contribution in [0.1, 0.15) is 29.8 Å². The van der Waals surface area contributed by atoms with Crippen LogP contribution < -0.4 is 14.8 Å². The molecule has 1 N–H and O–H groups in total. The molecule has 2 aromatic rings. The minimum atomic E-state index is -0.459. The Balaban J connectivity index is 2.08. The first-order valence-electron chi connectivity index (χ1n) is 8.64. The third-order valence-corrected chi connectivity index (χ3v) is 3.55. The van der Waals surface area contributed by atoms with Crippen LogP contribution in [0.3, 0.4) is 0 Å². The Bertz CT molecular complexity index is 829. The summed E-state index contributed by atoms with van der Waals surface area (Å²) in [7, 11) is 1.31. The molecule has 0 aliphatic heterocycles. The molecule has 0 atom stereocenters. The number of hydrogen-bond acceptors (Lipinski definition) is 5. The van der Waals surface area contributed by atoms with E-state index in [-0.39, 0.29) is 5.91 Å². The molecule has 0 heterocycles. The Morgan fingerprint density at radius 3 is 2.44 bits per heavy atom. The van der Waals surface area contributed by atoms with E-state index in [9.17, 15) is 9.59 Å². The van der Waals surface area contributed by atoms with Crippen LogP contribution in [0, 0.1) is 0 Å². The summed E-state index contributed by atoms with van der Waals surface area (Å²) in [5, 5.41) is 2.71. The fourth-order valence-corrected chi connectivity index (χ4v) is 2.37.